The Morgan fingerprint density at radius 3 is 2.52 bits per heavy atom. The zero-order valence-electron chi connectivity index (χ0n) is 12.5. The smallest absolute Gasteiger partial charge is 0.274 e. The molecule has 0 unspecified atom stereocenters. The quantitative estimate of drug-likeness (QED) is 0.777. The molecule has 0 aliphatic rings. The van der Waals surface area contributed by atoms with Gasteiger partial charge >= 0.3 is 0 Å². The van der Waals surface area contributed by atoms with Crippen molar-refractivity contribution in [1.82, 2.24) is 15.2 Å². The summed E-state index contributed by atoms with van der Waals surface area (Å²) in [7, 11) is 0. The minimum Gasteiger partial charge on any atom is -0.322 e. The summed E-state index contributed by atoms with van der Waals surface area (Å²) in [6.45, 7) is 2.00. The maximum atomic E-state index is 13.6. The second-order valence-corrected chi connectivity index (χ2v) is 5.22. The molecule has 0 saturated carbocycles. The number of hydrogen-bond acceptors (Lipinski definition) is 4. The molecule has 0 bridgehead atoms. The van der Waals surface area contributed by atoms with E-state index in [9.17, 15) is 9.18 Å². The summed E-state index contributed by atoms with van der Waals surface area (Å²) in [6, 6.07) is 14.0. The highest BCUT2D eigenvalue weighted by molar-refractivity contribution is 5.53. The Kier molecular flexibility index (Phi) is 4.14. The second-order valence-electron chi connectivity index (χ2n) is 5.22. The molecule has 0 radical (unpaired) electrons. The summed E-state index contributed by atoms with van der Waals surface area (Å²) >= 11 is 0. The van der Waals surface area contributed by atoms with E-state index in [-0.39, 0.29) is 17.2 Å². The molecule has 2 N–H and O–H groups in total. The lowest BCUT2D eigenvalue weighted by atomic mass is 10.1. The van der Waals surface area contributed by atoms with E-state index in [0.29, 0.717) is 12.1 Å². The first-order valence-electron chi connectivity index (χ1n) is 7.15. The molecule has 1 aromatic heterocycles. The van der Waals surface area contributed by atoms with Gasteiger partial charge in [0.15, 0.2) is 0 Å². The molecule has 0 aliphatic heterocycles. The summed E-state index contributed by atoms with van der Waals surface area (Å²) < 4.78 is 13.6. The number of nitrogens with one attached hydrogen (secondary N) is 2. The average molecular weight is 310 g/mol. The Morgan fingerprint density at radius 2 is 1.83 bits per heavy atom. The fourth-order valence-electron chi connectivity index (χ4n) is 2.12. The van der Waals surface area contributed by atoms with E-state index in [2.05, 4.69) is 20.5 Å². The molecule has 3 rings (SSSR count). The van der Waals surface area contributed by atoms with Gasteiger partial charge < -0.3 is 5.32 Å². The van der Waals surface area contributed by atoms with Crippen LogP contribution in [0.4, 0.5) is 16.0 Å². The minimum absolute atomic E-state index is 0.104. The van der Waals surface area contributed by atoms with Gasteiger partial charge in [-0.15, -0.1) is 10.2 Å². The topological polar surface area (TPSA) is 70.7 Å². The van der Waals surface area contributed by atoms with Crippen LogP contribution >= 0.6 is 0 Å². The first-order valence-corrected chi connectivity index (χ1v) is 7.15. The molecule has 0 amide bonds. The molecule has 23 heavy (non-hydrogen) atoms. The fourth-order valence-corrected chi connectivity index (χ4v) is 2.12. The van der Waals surface area contributed by atoms with Crippen molar-refractivity contribution in [2.45, 2.75) is 13.3 Å². The molecule has 6 heteroatoms. The monoisotopic (exact) mass is 310 g/mol. The first kappa shape index (κ1) is 14.9. The van der Waals surface area contributed by atoms with E-state index in [0.717, 1.165) is 11.1 Å². The molecule has 0 fully saturated rings. The first-order chi connectivity index (χ1) is 11.1. The van der Waals surface area contributed by atoms with Crippen LogP contribution in [0, 0.1) is 12.7 Å². The molecule has 3 aromatic rings. The van der Waals surface area contributed by atoms with Gasteiger partial charge in [-0.25, -0.2) is 4.39 Å². The number of H-pyrrole nitrogens is 1. The van der Waals surface area contributed by atoms with E-state index in [1.807, 2.05) is 31.2 Å². The van der Waals surface area contributed by atoms with Crippen molar-refractivity contribution in [1.29, 1.82) is 0 Å². The maximum absolute atomic E-state index is 13.6. The van der Waals surface area contributed by atoms with Gasteiger partial charge in [0, 0.05) is 6.42 Å². The van der Waals surface area contributed by atoms with E-state index in [4.69, 9.17) is 0 Å². The van der Waals surface area contributed by atoms with Crippen molar-refractivity contribution in [3.05, 3.63) is 81.5 Å². The van der Waals surface area contributed by atoms with Crippen LogP contribution in [0.1, 0.15) is 16.8 Å². The van der Waals surface area contributed by atoms with Crippen LogP contribution in [0.5, 0.6) is 0 Å². The normalized spacial score (nSPS) is 10.5. The Hall–Kier alpha value is -3.02. The molecule has 1 heterocycles. The summed E-state index contributed by atoms with van der Waals surface area (Å²) in [4.78, 5) is 14.7. The van der Waals surface area contributed by atoms with E-state index in [1.54, 1.807) is 18.2 Å². The average Bonchev–Trinajstić information content (AvgIpc) is 2.54. The van der Waals surface area contributed by atoms with Crippen LogP contribution < -0.4 is 10.9 Å². The largest absolute Gasteiger partial charge is 0.322 e. The molecule has 116 valence electrons. The Bertz CT molecular complexity index is 874. The van der Waals surface area contributed by atoms with Crippen LogP contribution in [0.15, 0.2) is 53.3 Å². The van der Waals surface area contributed by atoms with Gasteiger partial charge in [-0.1, -0.05) is 42.0 Å². The third kappa shape index (κ3) is 3.60. The van der Waals surface area contributed by atoms with Gasteiger partial charge in [-0.3, -0.25) is 9.78 Å². The number of para-hydroxylation sites is 1. The zero-order chi connectivity index (χ0) is 16.2. The van der Waals surface area contributed by atoms with Crippen LogP contribution in [-0.2, 0) is 6.42 Å². The number of aromatic amines is 1. The predicted octanol–water partition coefficient (Wildman–Crippen LogP) is 2.95. The van der Waals surface area contributed by atoms with Gasteiger partial charge in [-0.2, -0.15) is 0 Å². The van der Waals surface area contributed by atoms with Crippen molar-refractivity contribution in [3.63, 3.8) is 0 Å². The number of nitrogens with zero attached hydrogens (tertiary/aromatic N) is 2. The van der Waals surface area contributed by atoms with Crippen molar-refractivity contribution >= 4 is 11.6 Å². The van der Waals surface area contributed by atoms with E-state index < -0.39 is 5.82 Å². The number of anilines is 2. The second kappa shape index (κ2) is 6.39. The van der Waals surface area contributed by atoms with Gasteiger partial charge in [0.2, 0.25) is 5.95 Å². The number of rotatable bonds is 4. The van der Waals surface area contributed by atoms with Crippen LogP contribution in [0.3, 0.4) is 0 Å². The highest BCUT2D eigenvalue weighted by Gasteiger charge is 2.08. The summed E-state index contributed by atoms with van der Waals surface area (Å²) in [6.07, 6.45) is 0.391. The zero-order valence-corrected chi connectivity index (χ0v) is 12.5. The van der Waals surface area contributed by atoms with Crippen molar-refractivity contribution in [3.8, 4) is 0 Å². The molecular formula is C17H15FN4O. The van der Waals surface area contributed by atoms with E-state index in [1.165, 1.54) is 6.07 Å². The SMILES string of the molecule is Cc1ccc(Cc2nnc(Nc3ccccc3F)[nH]c2=O)cc1. The summed E-state index contributed by atoms with van der Waals surface area (Å²) in [5.41, 5.74) is 2.32. The number of benzene rings is 2. The highest BCUT2D eigenvalue weighted by Crippen LogP contribution is 2.15. The lowest BCUT2D eigenvalue weighted by Gasteiger charge is -2.06. The summed E-state index contributed by atoms with van der Waals surface area (Å²) in [5, 5.41) is 10.6. The molecule has 0 saturated heterocycles. The van der Waals surface area contributed by atoms with E-state index >= 15 is 0 Å². The lowest BCUT2D eigenvalue weighted by molar-refractivity contribution is 0.631. The lowest BCUT2D eigenvalue weighted by Crippen LogP contribution is -2.19. The molecule has 2 aromatic carbocycles. The molecule has 0 atom stereocenters. The molecule has 0 spiro atoms. The van der Waals surface area contributed by atoms with Crippen LogP contribution in [0.25, 0.3) is 0 Å². The van der Waals surface area contributed by atoms with Crippen molar-refractivity contribution in [2.75, 3.05) is 5.32 Å². The maximum Gasteiger partial charge on any atom is 0.274 e. The molecular weight excluding hydrogens is 295 g/mol. The number of aromatic nitrogens is 3. The standard InChI is InChI=1S/C17H15FN4O/c1-11-6-8-12(9-7-11)10-15-16(23)20-17(22-21-15)19-14-5-3-2-4-13(14)18/h2-9H,10H2,1H3,(H2,19,20,22,23). The minimum atomic E-state index is -0.432. The molecule has 5 nitrogen and oxygen atoms in total. The Morgan fingerprint density at radius 1 is 1.09 bits per heavy atom. The van der Waals surface area contributed by atoms with Crippen LogP contribution in [0.2, 0.25) is 0 Å². The van der Waals surface area contributed by atoms with Crippen molar-refractivity contribution < 1.29 is 4.39 Å². The van der Waals surface area contributed by atoms with Gasteiger partial charge in [0.1, 0.15) is 11.5 Å². The predicted molar refractivity (Wildman–Crippen MR) is 86.3 cm³/mol. The van der Waals surface area contributed by atoms with Gasteiger partial charge in [0.25, 0.3) is 5.56 Å². The van der Waals surface area contributed by atoms with Crippen molar-refractivity contribution in [2.24, 2.45) is 0 Å². The third-order valence-electron chi connectivity index (χ3n) is 3.38. The number of hydrogen-bond donors (Lipinski definition) is 2. The number of halogens is 1. The highest BCUT2D eigenvalue weighted by atomic mass is 19.1. The van der Waals surface area contributed by atoms with Crippen LogP contribution in [-0.4, -0.2) is 15.2 Å². The van der Waals surface area contributed by atoms with Gasteiger partial charge in [-0.05, 0) is 24.6 Å². The third-order valence-corrected chi connectivity index (χ3v) is 3.38. The Balaban J connectivity index is 1.79. The Labute approximate surface area is 132 Å². The number of aryl methyl sites for hydroxylation is 1. The molecule has 0 aliphatic carbocycles. The fraction of sp³-hybridized carbons (Fsp3) is 0.118. The van der Waals surface area contributed by atoms with Gasteiger partial charge in [0.05, 0.1) is 5.69 Å². The summed E-state index contributed by atoms with van der Waals surface area (Å²) in [5.74, 6) is -0.327.